The van der Waals surface area contributed by atoms with Gasteiger partial charge in [0.25, 0.3) is 0 Å². The van der Waals surface area contributed by atoms with Crippen molar-refractivity contribution >= 4 is 33.3 Å². The summed E-state index contributed by atoms with van der Waals surface area (Å²) in [6, 6.07) is 6.16. The van der Waals surface area contributed by atoms with E-state index < -0.39 is 0 Å². The second-order valence-corrected chi connectivity index (χ2v) is 6.16. The summed E-state index contributed by atoms with van der Waals surface area (Å²) in [5, 5.41) is 10.1. The predicted molar refractivity (Wildman–Crippen MR) is 75.6 cm³/mol. The Balaban J connectivity index is 2.72. The molecule has 0 spiro atoms. The van der Waals surface area contributed by atoms with E-state index >= 15 is 0 Å². The van der Waals surface area contributed by atoms with E-state index in [1.165, 1.54) is 0 Å². The zero-order chi connectivity index (χ0) is 12.6. The number of nitrogens with zero attached hydrogens (tertiary/aromatic N) is 2. The number of thiophene rings is 1. The average molecular weight is 307 g/mol. The highest BCUT2D eigenvalue weighted by Gasteiger charge is 2.15. The summed E-state index contributed by atoms with van der Waals surface area (Å²) in [6.07, 6.45) is 1.84. The van der Waals surface area contributed by atoms with E-state index in [-0.39, 0.29) is 0 Å². The van der Waals surface area contributed by atoms with Gasteiger partial charge in [-0.3, -0.25) is 0 Å². The van der Waals surface area contributed by atoms with Gasteiger partial charge in [0.1, 0.15) is 11.1 Å². The predicted octanol–water partition coefficient (Wildman–Crippen LogP) is 4.43. The van der Waals surface area contributed by atoms with Gasteiger partial charge in [-0.2, -0.15) is 5.26 Å². The van der Waals surface area contributed by atoms with Crippen molar-refractivity contribution < 1.29 is 0 Å². The highest BCUT2D eigenvalue weighted by molar-refractivity contribution is 9.11. The Morgan fingerprint density at radius 2 is 2.18 bits per heavy atom. The Morgan fingerprint density at radius 3 is 2.71 bits per heavy atom. The first-order chi connectivity index (χ1) is 8.08. The van der Waals surface area contributed by atoms with E-state index in [1.54, 1.807) is 11.3 Å². The fraction of sp³-hybridized carbons (Fsp3) is 0.154. The fourth-order valence-corrected chi connectivity index (χ4v) is 3.54. The maximum atomic E-state index is 9.14. The highest BCUT2D eigenvalue weighted by Crippen LogP contribution is 2.33. The van der Waals surface area contributed by atoms with Gasteiger partial charge in [0.2, 0.25) is 0 Å². The van der Waals surface area contributed by atoms with Crippen LogP contribution in [-0.2, 0) is 0 Å². The molecule has 0 radical (unpaired) electrons. The summed E-state index contributed by atoms with van der Waals surface area (Å²) in [7, 11) is 0. The van der Waals surface area contributed by atoms with E-state index in [1.807, 2.05) is 26.0 Å². The molecule has 0 N–H and O–H groups in total. The Labute approximate surface area is 113 Å². The number of rotatable bonds is 2. The standard InChI is InChI=1S/C13H11BrN2S/c1-4-10-5-8(2)16(9(10)3)13-11(7-15)6-12(14)17-13/h4-6H,1H2,2-3H3. The van der Waals surface area contributed by atoms with Crippen molar-refractivity contribution in [3.63, 3.8) is 0 Å². The average Bonchev–Trinajstić information content (AvgIpc) is 2.79. The van der Waals surface area contributed by atoms with E-state index in [0.29, 0.717) is 5.56 Å². The lowest BCUT2D eigenvalue weighted by Gasteiger charge is -2.07. The third-order valence-corrected chi connectivity index (χ3v) is 4.32. The Kier molecular flexibility index (Phi) is 3.23. The van der Waals surface area contributed by atoms with Crippen LogP contribution < -0.4 is 0 Å². The number of hydrogen-bond acceptors (Lipinski definition) is 2. The van der Waals surface area contributed by atoms with E-state index in [0.717, 1.165) is 25.7 Å². The van der Waals surface area contributed by atoms with Gasteiger partial charge in [0.05, 0.1) is 9.35 Å². The molecule has 0 bridgehead atoms. The summed E-state index contributed by atoms with van der Waals surface area (Å²) < 4.78 is 3.07. The maximum absolute atomic E-state index is 9.14. The highest BCUT2D eigenvalue weighted by atomic mass is 79.9. The molecule has 0 saturated heterocycles. The Bertz CT molecular complexity index is 629. The van der Waals surface area contributed by atoms with Crippen LogP contribution >= 0.6 is 27.3 Å². The van der Waals surface area contributed by atoms with Gasteiger partial charge in [0.15, 0.2) is 0 Å². The van der Waals surface area contributed by atoms with Gasteiger partial charge in [-0.25, -0.2) is 0 Å². The van der Waals surface area contributed by atoms with Crippen LogP contribution in [0.1, 0.15) is 22.5 Å². The van der Waals surface area contributed by atoms with Crippen LogP contribution in [0.5, 0.6) is 0 Å². The number of nitriles is 1. The lowest BCUT2D eigenvalue weighted by molar-refractivity contribution is 0.981. The minimum Gasteiger partial charge on any atom is -0.308 e. The van der Waals surface area contributed by atoms with Crippen LogP contribution in [0.25, 0.3) is 11.1 Å². The molecule has 2 heterocycles. The molecule has 0 unspecified atom stereocenters. The van der Waals surface area contributed by atoms with Gasteiger partial charge >= 0.3 is 0 Å². The van der Waals surface area contributed by atoms with Crippen molar-refractivity contribution in [3.8, 4) is 11.1 Å². The summed E-state index contributed by atoms with van der Waals surface area (Å²) in [4.78, 5) is 0. The van der Waals surface area contributed by atoms with Crippen molar-refractivity contribution in [2.24, 2.45) is 0 Å². The minimum absolute atomic E-state index is 0.694. The van der Waals surface area contributed by atoms with E-state index in [4.69, 9.17) is 5.26 Å². The summed E-state index contributed by atoms with van der Waals surface area (Å²) in [5.41, 5.74) is 4.03. The molecular weight excluding hydrogens is 296 g/mol. The fourth-order valence-electron chi connectivity index (χ4n) is 1.90. The molecule has 2 aromatic rings. The Hall–Kier alpha value is -1.31. The number of aromatic nitrogens is 1. The third-order valence-electron chi connectivity index (χ3n) is 2.70. The normalized spacial score (nSPS) is 10.2. The van der Waals surface area contributed by atoms with Crippen LogP contribution in [0, 0.1) is 25.2 Å². The molecule has 0 fully saturated rings. The zero-order valence-electron chi connectivity index (χ0n) is 9.62. The minimum atomic E-state index is 0.694. The van der Waals surface area contributed by atoms with Crippen molar-refractivity contribution in [1.82, 2.24) is 4.57 Å². The SMILES string of the molecule is C=Cc1cc(C)n(-c2sc(Br)cc2C#N)c1C. The largest absolute Gasteiger partial charge is 0.308 e. The summed E-state index contributed by atoms with van der Waals surface area (Å²) >= 11 is 5.00. The lowest BCUT2D eigenvalue weighted by atomic mass is 10.2. The molecule has 2 nitrogen and oxygen atoms in total. The molecule has 0 saturated carbocycles. The molecule has 4 heteroatoms. The van der Waals surface area contributed by atoms with Crippen molar-refractivity contribution in [2.45, 2.75) is 13.8 Å². The van der Waals surface area contributed by atoms with Crippen LogP contribution in [-0.4, -0.2) is 4.57 Å². The quantitative estimate of drug-likeness (QED) is 0.806. The molecule has 0 amide bonds. The van der Waals surface area contributed by atoms with Gasteiger partial charge in [0, 0.05) is 11.4 Å². The molecule has 0 aliphatic heterocycles. The lowest BCUT2D eigenvalue weighted by Crippen LogP contribution is -1.98. The second kappa shape index (κ2) is 4.52. The molecule has 0 aliphatic rings. The van der Waals surface area contributed by atoms with Gasteiger partial charge in [-0.1, -0.05) is 12.7 Å². The van der Waals surface area contributed by atoms with Crippen LogP contribution in [0.4, 0.5) is 0 Å². The Morgan fingerprint density at radius 1 is 1.47 bits per heavy atom. The topological polar surface area (TPSA) is 28.7 Å². The molecule has 17 heavy (non-hydrogen) atoms. The van der Waals surface area contributed by atoms with Crippen molar-refractivity contribution in [3.05, 3.63) is 45.0 Å². The zero-order valence-corrected chi connectivity index (χ0v) is 12.0. The van der Waals surface area contributed by atoms with Crippen molar-refractivity contribution in [2.75, 3.05) is 0 Å². The second-order valence-electron chi connectivity index (χ2n) is 3.75. The van der Waals surface area contributed by atoms with Crippen molar-refractivity contribution in [1.29, 1.82) is 5.26 Å². The summed E-state index contributed by atoms with van der Waals surface area (Å²) in [6.45, 7) is 7.88. The molecule has 0 aromatic carbocycles. The number of halogens is 1. The summed E-state index contributed by atoms with van der Waals surface area (Å²) in [5.74, 6) is 0. The van der Waals surface area contributed by atoms with Crippen LogP contribution in [0.2, 0.25) is 0 Å². The smallest absolute Gasteiger partial charge is 0.119 e. The first-order valence-electron chi connectivity index (χ1n) is 5.09. The monoisotopic (exact) mass is 306 g/mol. The number of hydrogen-bond donors (Lipinski definition) is 0. The van der Waals surface area contributed by atoms with E-state index in [2.05, 4.69) is 39.2 Å². The van der Waals surface area contributed by atoms with Crippen LogP contribution in [0.3, 0.4) is 0 Å². The maximum Gasteiger partial charge on any atom is 0.119 e. The molecule has 0 aliphatic carbocycles. The first-order valence-corrected chi connectivity index (χ1v) is 6.70. The van der Waals surface area contributed by atoms with Gasteiger partial charge in [-0.15, -0.1) is 11.3 Å². The third kappa shape index (κ3) is 1.97. The molecular formula is C13H11BrN2S. The van der Waals surface area contributed by atoms with E-state index in [9.17, 15) is 0 Å². The first kappa shape index (κ1) is 12.2. The molecule has 2 aromatic heterocycles. The van der Waals surface area contributed by atoms with Gasteiger partial charge in [-0.05, 0) is 47.5 Å². The number of aryl methyl sites for hydroxylation is 1. The molecule has 2 rings (SSSR count). The van der Waals surface area contributed by atoms with Gasteiger partial charge < -0.3 is 4.57 Å². The molecule has 86 valence electrons. The molecule has 0 atom stereocenters. The van der Waals surface area contributed by atoms with Crippen LogP contribution in [0.15, 0.2) is 22.5 Å².